The van der Waals surface area contributed by atoms with Gasteiger partial charge in [-0.1, -0.05) is 53.0 Å². The summed E-state index contributed by atoms with van der Waals surface area (Å²) in [6.45, 7) is 0. The summed E-state index contributed by atoms with van der Waals surface area (Å²) in [5, 5.41) is 14.4. The van der Waals surface area contributed by atoms with Crippen LogP contribution in [0.15, 0.2) is 53.9 Å². The Labute approximate surface area is 180 Å². The van der Waals surface area contributed by atoms with Gasteiger partial charge >= 0.3 is 0 Å². The van der Waals surface area contributed by atoms with Crippen molar-refractivity contribution in [3.05, 3.63) is 79.7 Å². The lowest BCUT2D eigenvalue weighted by atomic mass is 10.1. The highest BCUT2D eigenvalue weighted by molar-refractivity contribution is 7.11. The van der Waals surface area contributed by atoms with Gasteiger partial charge in [0.1, 0.15) is 16.2 Å². The molecular weight excluding hydrogens is 433 g/mol. The van der Waals surface area contributed by atoms with Gasteiger partial charge in [-0.05, 0) is 36.4 Å². The second-order valence-electron chi connectivity index (χ2n) is 5.89. The molecule has 0 spiro atoms. The van der Waals surface area contributed by atoms with Gasteiger partial charge in [-0.15, -0.1) is 11.3 Å². The number of aromatic nitrogens is 2. The fraction of sp³-hybridized carbons (Fsp3) is 0. The predicted octanol–water partition coefficient (Wildman–Crippen LogP) is 7.38. The fourth-order valence-corrected chi connectivity index (χ4v) is 4.22. The van der Waals surface area contributed by atoms with Gasteiger partial charge < -0.3 is 0 Å². The number of fused-ring (bicyclic) bond motifs is 1. The van der Waals surface area contributed by atoms with Crippen LogP contribution in [-0.2, 0) is 0 Å². The van der Waals surface area contributed by atoms with Crippen LogP contribution in [-0.4, -0.2) is 9.97 Å². The van der Waals surface area contributed by atoms with Crippen LogP contribution in [0.1, 0.15) is 10.6 Å². The van der Waals surface area contributed by atoms with Crippen molar-refractivity contribution >= 4 is 68.7 Å². The largest absolute Gasteiger partial charge is 0.235 e. The fourth-order valence-electron chi connectivity index (χ4n) is 2.73. The van der Waals surface area contributed by atoms with Crippen molar-refractivity contribution < 1.29 is 0 Å². The molecule has 0 aliphatic rings. The average molecular weight is 443 g/mol. The number of para-hydroxylation sites is 1. The summed E-state index contributed by atoms with van der Waals surface area (Å²) in [6.07, 6.45) is 1.70. The standard InChI is InChI=1S/C21H10Cl3N3S/c22-15-5-6-16(17(23)9-15)19-11-28-21(27-19)14(10-25)8-13-7-12-3-1-2-4-18(12)26-20(13)24/h1-9,11H. The summed E-state index contributed by atoms with van der Waals surface area (Å²) in [4.78, 5) is 8.96. The number of nitriles is 1. The monoisotopic (exact) mass is 441 g/mol. The molecule has 136 valence electrons. The molecule has 0 saturated heterocycles. The van der Waals surface area contributed by atoms with Gasteiger partial charge in [0.2, 0.25) is 0 Å². The van der Waals surface area contributed by atoms with E-state index in [0.717, 1.165) is 16.5 Å². The molecule has 2 aromatic carbocycles. The Balaban J connectivity index is 1.75. The maximum Gasteiger partial charge on any atom is 0.137 e. The van der Waals surface area contributed by atoms with E-state index in [1.54, 1.807) is 18.2 Å². The minimum absolute atomic E-state index is 0.337. The van der Waals surface area contributed by atoms with Gasteiger partial charge in [-0.2, -0.15) is 5.26 Å². The molecule has 7 heteroatoms. The molecule has 4 aromatic rings. The molecule has 0 fully saturated rings. The molecule has 2 heterocycles. The van der Waals surface area contributed by atoms with E-state index in [1.807, 2.05) is 41.8 Å². The van der Waals surface area contributed by atoms with E-state index in [1.165, 1.54) is 11.3 Å². The molecule has 0 saturated carbocycles. The third-order valence-corrected chi connectivity index (χ3v) is 5.79. The van der Waals surface area contributed by atoms with Gasteiger partial charge in [-0.25, -0.2) is 9.97 Å². The van der Waals surface area contributed by atoms with Crippen molar-refractivity contribution in [3.63, 3.8) is 0 Å². The van der Waals surface area contributed by atoms with E-state index in [4.69, 9.17) is 34.8 Å². The smallest absolute Gasteiger partial charge is 0.137 e. The van der Waals surface area contributed by atoms with Crippen molar-refractivity contribution in [2.45, 2.75) is 0 Å². The predicted molar refractivity (Wildman–Crippen MR) is 118 cm³/mol. The zero-order valence-corrected chi connectivity index (χ0v) is 17.2. The Hall–Kier alpha value is -2.42. The summed E-state index contributed by atoms with van der Waals surface area (Å²) < 4.78 is 0. The maximum absolute atomic E-state index is 9.66. The number of thiazole rings is 1. The molecule has 0 N–H and O–H groups in total. The normalized spacial score (nSPS) is 11.6. The lowest BCUT2D eigenvalue weighted by molar-refractivity contribution is 1.37. The second-order valence-corrected chi connectivity index (χ2v) is 7.95. The highest BCUT2D eigenvalue weighted by atomic mass is 35.5. The molecule has 0 aliphatic heterocycles. The number of halogens is 3. The van der Waals surface area contributed by atoms with Crippen LogP contribution in [0.25, 0.3) is 33.8 Å². The van der Waals surface area contributed by atoms with Crippen LogP contribution in [0.3, 0.4) is 0 Å². The van der Waals surface area contributed by atoms with Crippen molar-refractivity contribution in [2.75, 3.05) is 0 Å². The van der Waals surface area contributed by atoms with E-state index in [0.29, 0.717) is 37.0 Å². The summed E-state index contributed by atoms with van der Waals surface area (Å²) in [7, 11) is 0. The number of benzene rings is 2. The number of pyridine rings is 1. The van der Waals surface area contributed by atoms with E-state index in [2.05, 4.69) is 16.0 Å². The number of nitrogens with zero attached hydrogens (tertiary/aromatic N) is 3. The topological polar surface area (TPSA) is 49.6 Å². The average Bonchev–Trinajstić information content (AvgIpc) is 3.16. The molecule has 4 rings (SSSR count). The molecule has 0 amide bonds. The zero-order chi connectivity index (χ0) is 19.7. The minimum atomic E-state index is 0.337. The molecule has 0 atom stereocenters. The number of allylic oxidation sites excluding steroid dienone is 1. The van der Waals surface area contributed by atoms with Gasteiger partial charge in [0.15, 0.2) is 0 Å². The van der Waals surface area contributed by atoms with Crippen LogP contribution in [0.2, 0.25) is 15.2 Å². The van der Waals surface area contributed by atoms with Crippen molar-refractivity contribution in [3.8, 4) is 17.3 Å². The first-order chi connectivity index (χ1) is 13.5. The number of hydrogen-bond donors (Lipinski definition) is 0. The van der Waals surface area contributed by atoms with Crippen molar-refractivity contribution in [2.24, 2.45) is 0 Å². The maximum atomic E-state index is 9.66. The Morgan fingerprint density at radius 1 is 1.04 bits per heavy atom. The number of hydrogen-bond acceptors (Lipinski definition) is 4. The molecule has 0 aliphatic carbocycles. The van der Waals surface area contributed by atoms with E-state index in [9.17, 15) is 5.26 Å². The van der Waals surface area contributed by atoms with Gasteiger partial charge in [0.25, 0.3) is 0 Å². The highest BCUT2D eigenvalue weighted by Gasteiger charge is 2.13. The van der Waals surface area contributed by atoms with Crippen LogP contribution in [0.5, 0.6) is 0 Å². The van der Waals surface area contributed by atoms with Gasteiger partial charge in [0.05, 0.1) is 21.8 Å². The van der Waals surface area contributed by atoms with Crippen LogP contribution >= 0.6 is 46.1 Å². The third-order valence-electron chi connectivity index (χ3n) is 4.07. The second kappa shape index (κ2) is 7.90. The summed E-state index contributed by atoms with van der Waals surface area (Å²) in [6, 6.07) is 17.0. The van der Waals surface area contributed by atoms with Crippen molar-refractivity contribution in [1.29, 1.82) is 5.26 Å². The first-order valence-electron chi connectivity index (χ1n) is 8.13. The molecule has 2 aromatic heterocycles. The van der Waals surface area contributed by atoms with E-state index in [-0.39, 0.29) is 0 Å². The SMILES string of the molecule is N#CC(=Cc1cc2ccccc2nc1Cl)c1nc(-c2ccc(Cl)cc2Cl)cs1. The Morgan fingerprint density at radius 3 is 2.64 bits per heavy atom. The molecule has 3 nitrogen and oxygen atoms in total. The lowest BCUT2D eigenvalue weighted by Gasteiger charge is -2.03. The molecule has 28 heavy (non-hydrogen) atoms. The third kappa shape index (κ3) is 3.76. The summed E-state index contributed by atoms with van der Waals surface area (Å²) >= 11 is 19.9. The molecule has 0 unspecified atom stereocenters. The molecule has 0 radical (unpaired) electrons. The van der Waals surface area contributed by atoms with Crippen LogP contribution in [0, 0.1) is 11.3 Å². The van der Waals surface area contributed by atoms with Crippen LogP contribution in [0.4, 0.5) is 0 Å². The highest BCUT2D eigenvalue weighted by Crippen LogP contribution is 2.33. The summed E-state index contributed by atoms with van der Waals surface area (Å²) in [5.74, 6) is 0. The lowest BCUT2D eigenvalue weighted by Crippen LogP contribution is -1.87. The first kappa shape index (κ1) is 18.9. The quantitative estimate of drug-likeness (QED) is 0.245. The Bertz CT molecular complexity index is 1270. The minimum Gasteiger partial charge on any atom is -0.235 e. The number of rotatable bonds is 3. The zero-order valence-electron chi connectivity index (χ0n) is 14.2. The Morgan fingerprint density at radius 2 is 1.86 bits per heavy atom. The first-order valence-corrected chi connectivity index (χ1v) is 10.1. The van der Waals surface area contributed by atoms with E-state index < -0.39 is 0 Å². The van der Waals surface area contributed by atoms with Gasteiger partial charge in [-0.3, -0.25) is 0 Å². The van der Waals surface area contributed by atoms with Crippen molar-refractivity contribution in [1.82, 2.24) is 9.97 Å². The Kier molecular flexibility index (Phi) is 5.34. The molecular formula is C21H10Cl3N3S. The molecule has 0 bridgehead atoms. The van der Waals surface area contributed by atoms with Crippen LogP contribution < -0.4 is 0 Å². The summed E-state index contributed by atoms with van der Waals surface area (Å²) in [5.41, 5.74) is 3.32. The van der Waals surface area contributed by atoms with E-state index >= 15 is 0 Å². The van der Waals surface area contributed by atoms with Gasteiger partial charge in [0, 0.05) is 26.9 Å².